The Morgan fingerprint density at radius 1 is 1.19 bits per heavy atom. The molecule has 166 valence electrons. The molecule has 32 heavy (non-hydrogen) atoms. The standard InChI is InChI=1S/C25H27ClN4OS/c1-13-28-23(17-7-8-32-24(17)29-13)19-11-18(19)16-5-4-15(10-20(16)26)25(31)30(2)22-9-14-3-6-21(22)27-12-14/h4-5,7-8,10,14,18-19,21-22,27H,3,6,9,11-12H2,1-2H3. The molecule has 2 bridgehead atoms. The zero-order valence-electron chi connectivity index (χ0n) is 18.3. The number of nitrogens with one attached hydrogen (secondary N) is 1. The number of fused-ring (bicyclic) bond motifs is 4. The molecular formula is C25H27ClN4OS. The summed E-state index contributed by atoms with van der Waals surface area (Å²) in [5, 5.41) is 7.53. The Balaban J connectivity index is 1.21. The zero-order valence-corrected chi connectivity index (χ0v) is 19.9. The highest BCUT2D eigenvalue weighted by atomic mass is 35.5. The van der Waals surface area contributed by atoms with Crippen LogP contribution in [0.25, 0.3) is 10.2 Å². The molecular weight excluding hydrogens is 440 g/mol. The van der Waals surface area contributed by atoms with E-state index in [2.05, 4.69) is 27.8 Å². The number of hydrogen-bond acceptors (Lipinski definition) is 5. The van der Waals surface area contributed by atoms with Gasteiger partial charge in [-0.05, 0) is 80.1 Å². The lowest BCUT2D eigenvalue weighted by atomic mass is 9.77. The van der Waals surface area contributed by atoms with E-state index in [1.807, 2.05) is 31.0 Å². The zero-order chi connectivity index (χ0) is 22.0. The normalized spacial score (nSPS) is 28.8. The number of aromatic nitrogens is 2. The molecule has 2 aromatic heterocycles. The van der Waals surface area contributed by atoms with E-state index in [0.29, 0.717) is 34.4 Å². The predicted molar refractivity (Wildman–Crippen MR) is 129 cm³/mol. The number of amides is 1. The van der Waals surface area contributed by atoms with Gasteiger partial charge in [-0.2, -0.15) is 0 Å². The fourth-order valence-corrected chi connectivity index (χ4v) is 6.97. The van der Waals surface area contributed by atoms with Crippen LogP contribution in [0.3, 0.4) is 0 Å². The molecule has 2 saturated heterocycles. The van der Waals surface area contributed by atoms with Gasteiger partial charge in [-0.3, -0.25) is 4.79 Å². The fourth-order valence-electron chi connectivity index (χ4n) is 5.83. The number of thiophene rings is 1. The van der Waals surface area contributed by atoms with E-state index in [4.69, 9.17) is 16.6 Å². The summed E-state index contributed by atoms with van der Waals surface area (Å²) in [6.45, 7) is 3.05. The monoisotopic (exact) mass is 466 g/mol. The average molecular weight is 467 g/mol. The van der Waals surface area contributed by atoms with Crippen molar-refractivity contribution in [1.82, 2.24) is 20.2 Å². The van der Waals surface area contributed by atoms with Gasteiger partial charge in [0.25, 0.3) is 5.91 Å². The first-order chi connectivity index (χ1) is 15.5. The molecule has 1 aromatic carbocycles. The van der Waals surface area contributed by atoms with Crippen LogP contribution in [0.2, 0.25) is 5.02 Å². The predicted octanol–water partition coefficient (Wildman–Crippen LogP) is 5.14. The Kier molecular flexibility index (Phi) is 5.01. The molecule has 5 unspecified atom stereocenters. The molecule has 3 aromatic rings. The maximum atomic E-state index is 13.2. The Morgan fingerprint density at radius 3 is 2.78 bits per heavy atom. The third-order valence-electron chi connectivity index (χ3n) is 7.67. The number of carbonyl (C=O) groups excluding carboxylic acids is 1. The molecule has 7 rings (SSSR count). The summed E-state index contributed by atoms with van der Waals surface area (Å²) < 4.78 is 0. The summed E-state index contributed by atoms with van der Waals surface area (Å²) in [7, 11) is 1.94. The minimum absolute atomic E-state index is 0.0663. The van der Waals surface area contributed by atoms with Crippen molar-refractivity contribution in [2.45, 2.75) is 56.5 Å². The average Bonchev–Trinajstić information content (AvgIpc) is 3.46. The van der Waals surface area contributed by atoms with Gasteiger partial charge in [0.05, 0.1) is 5.69 Å². The van der Waals surface area contributed by atoms with Crippen LogP contribution in [0.5, 0.6) is 0 Å². The molecule has 2 aliphatic carbocycles. The van der Waals surface area contributed by atoms with Crippen molar-refractivity contribution in [2.75, 3.05) is 13.6 Å². The second-order valence-electron chi connectivity index (χ2n) is 9.66. The molecule has 4 aliphatic rings. The quantitative estimate of drug-likeness (QED) is 0.578. The highest BCUT2D eigenvalue weighted by Gasteiger charge is 2.43. The molecule has 2 aliphatic heterocycles. The molecule has 1 N–H and O–H groups in total. The number of halogens is 1. The van der Waals surface area contributed by atoms with Crippen LogP contribution in [0.15, 0.2) is 29.6 Å². The molecule has 1 amide bonds. The molecule has 4 fully saturated rings. The number of benzene rings is 1. The Labute approximate surface area is 197 Å². The first kappa shape index (κ1) is 20.6. The summed E-state index contributed by atoms with van der Waals surface area (Å²) in [6, 6.07) is 8.69. The number of nitrogens with zero attached hydrogens (tertiary/aromatic N) is 3. The number of carbonyl (C=O) groups is 1. The highest BCUT2D eigenvalue weighted by molar-refractivity contribution is 7.16. The molecule has 0 spiro atoms. The lowest BCUT2D eigenvalue weighted by Crippen LogP contribution is -2.59. The van der Waals surface area contributed by atoms with E-state index in [9.17, 15) is 4.79 Å². The van der Waals surface area contributed by atoms with Crippen molar-refractivity contribution in [2.24, 2.45) is 5.92 Å². The van der Waals surface area contributed by atoms with E-state index < -0.39 is 0 Å². The number of aryl methyl sites for hydroxylation is 1. The number of likely N-dealkylation sites (N-methyl/N-ethyl adjacent to an activating group) is 1. The van der Waals surface area contributed by atoms with Crippen LogP contribution in [-0.4, -0.2) is 46.5 Å². The fraction of sp³-hybridized carbons (Fsp3) is 0.480. The maximum absolute atomic E-state index is 13.2. The van der Waals surface area contributed by atoms with E-state index in [0.717, 1.165) is 53.1 Å². The molecule has 2 saturated carbocycles. The van der Waals surface area contributed by atoms with Crippen LogP contribution in [0.4, 0.5) is 0 Å². The van der Waals surface area contributed by atoms with Crippen molar-refractivity contribution in [3.05, 3.63) is 57.3 Å². The van der Waals surface area contributed by atoms with E-state index in [1.54, 1.807) is 11.3 Å². The lowest BCUT2D eigenvalue weighted by molar-refractivity contribution is 0.0502. The number of hydrogen-bond donors (Lipinski definition) is 1. The van der Waals surface area contributed by atoms with Crippen molar-refractivity contribution in [3.8, 4) is 0 Å². The first-order valence-corrected chi connectivity index (χ1v) is 12.8. The van der Waals surface area contributed by atoms with Crippen LogP contribution in [0.1, 0.15) is 65.0 Å². The van der Waals surface area contributed by atoms with Gasteiger partial charge in [-0.15, -0.1) is 11.3 Å². The lowest BCUT2D eigenvalue weighted by Gasteiger charge is -2.46. The van der Waals surface area contributed by atoms with Gasteiger partial charge in [0.15, 0.2) is 0 Å². The maximum Gasteiger partial charge on any atom is 0.253 e. The Morgan fingerprint density at radius 2 is 2.06 bits per heavy atom. The summed E-state index contributed by atoms with van der Waals surface area (Å²) in [4.78, 5) is 25.5. The second kappa shape index (κ2) is 7.79. The van der Waals surface area contributed by atoms with Crippen molar-refractivity contribution >= 4 is 39.1 Å². The van der Waals surface area contributed by atoms with Crippen LogP contribution in [0, 0.1) is 12.8 Å². The van der Waals surface area contributed by atoms with E-state index >= 15 is 0 Å². The molecule has 0 radical (unpaired) electrons. The molecule has 5 atom stereocenters. The Bertz CT molecular complexity index is 1200. The van der Waals surface area contributed by atoms with Gasteiger partial charge < -0.3 is 10.2 Å². The molecule has 4 heterocycles. The van der Waals surface area contributed by atoms with E-state index in [1.165, 1.54) is 6.42 Å². The van der Waals surface area contributed by atoms with Gasteiger partial charge >= 0.3 is 0 Å². The smallest absolute Gasteiger partial charge is 0.253 e. The van der Waals surface area contributed by atoms with Crippen molar-refractivity contribution < 1.29 is 4.79 Å². The summed E-state index contributed by atoms with van der Waals surface area (Å²) in [5.74, 6) is 2.29. The largest absolute Gasteiger partial charge is 0.337 e. The second-order valence-corrected chi connectivity index (χ2v) is 11.0. The number of rotatable bonds is 4. The third-order valence-corrected chi connectivity index (χ3v) is 8.80. The number of piperidine rings is 2. The van der Waals surface area contributed by atoms with Gasteiger partial charge in [-0.25, -0.2) is 9.97 Å². The minimum atomic E-state index is 0.0663. The van der Waals surface area contributed by atoms with Crippen molar-refractivity contribution in [1.29, 1.82) is 0 Å². The highest BCUT2D eigenvalue weighted by Crippen LogP contribution is 2.57. The van der Waals surface area contributed by atoms with Gasteiger partial charge in [0.2, 0.25) is 0 Å². The third kappa shape index (κ3) is 3.44. The topological polar surface area (TPSA) is 58.1 Å². The van der Waals surface area contributed by atoms with Crippen LogP contribution < -0.4 is 5.32 Å². The van der Waals surface area contributed by atoms with Crippen LogP contribution in [-0.2, 0) is 0 Å². The minimum Gasteiger partial charge on any atom is -0.337 e. The van der Waals surface area contributed by atoms with Gasteiger partial charge in [0.1, 0.15) is 10.7 Å². The van der Waals surface area contributed by atoms with Crippen molar-refractivity contribution in [3.63, 3.8) is 0 Å². The molecule has 5 nitrogen and oxygen atoms in total. The molecule has 7 heteroatoms. The summed E-state index contributed by atoms with van der Waals surface area (Å²) in [5.41, 5.74) is 2.93. The summed E-state index contributed by atoms with van der Waals surface area (Å²) in [6.07, 6.45) is 4.58. The Hall–Kier alpha value is -2.02. The first-order valence-electron chi connectivity index (χ1n) is 11.5. The van der Waals surface area contributed by atoms with Gasteiger partial charge in [-0.1, -0.05) is 17.7 Å². The van der Waals surface area contributed by atoms with Gasteiger partial charge in [0, 0.05) is 41.0 Å². The van der Waals surface area contributed by atoms with Crippen LogP contribution >= 0.6 is 22.9 Å². The van der Waals surface area contributed by atoms with E-state index in [-0.39, 0.29) is 11.9 Å². The summed E-state index contributed by atoms with van der Waals surface area (Å²) >= 11 is 8.39. The SMILES string of the molecule is Cc1nc(C2CC2c2ccc(C(=O)N(C)C3CC4CCC3NC4)cc2Cl)c2ccsc2n1.